The molecule has 27 heavy (non-hydrogen) atoms. The van der Waals surface area contributed by atoms with Gasteiger partial charge in [0.2, 0.25) is 0 Å². The van der Waals surface area contributed by atoms with Crippen LogP contribution in [0.2, 0.25) is 0 Å². The number of nitrogens with one attached hydrogen (secondary N) is 1. The van der Waals surface area contributed by atoms with Crippen molar-refractivity contribution in [2.45, 2.75) is 6.61 Å². The number of methoxy groups -OCH3 is 1. The van der Waals surface area contributed by atoms with Gasteiger partial charge >= 0.3 is 0 Å². The number of rotatable bonds is 5. The molecular weight excluding hydrogens is 385 g/mol. The first kappa shape index (κ1) is 17.7. The van der Waals surface area contributed by atoms with Crippen LogP contribution in [-0.4, -0.2) is 23.0 Å². The molecule has 8 heteroatoms. The third-order valence-electron chi connectivity index (χ3n) is 3.94. The number of fused-ring (bicyclic) bond motifs is 1. The second-order valence-corrected chi connectivity index (χ2v) is 7.60. The van der Waals surface area contributed by atoms with Gasteiger partial charge in [0, 0.05) is 46.1 Å². The Hall–Kier alpha value is -2.68. The Morgan fingerprint density at radius 1 is 1.30 bits per heavy atom. The molecule has 0 fully saturated rings. The first-order valence-electron chi connectivity index (χ1n) is 8.03. The largest absolute Gasteiger partial charge is 0.380 e. The summed E-state index contributed by atoms with van der Waals surface area (Å²) >= 11 is 2.57. The first-order chi connectivity index (χ1) is 13.2. The number of anilines is 1. The van der Waals surface area contributed by atoms with E-state index in [2.05, 4.69) is 15.3 Å². The van der Waals surface area contributed by atoms with E-state index < -0.39 is 0 Å². The van der Waals surface area contributed by atoms with Gasteiger partial charge in [-0.25, -0.2) is 9.37 Å². The Morgan fingerprint density at radius 3 is 2.96 bits per heavy atom. The quantitative estimate of drug-likeness (QED) is 0.515. The molecule has 4 aromatic rings. The highest BCUT2D eigenvalue weighted by Crippen LogP contribution is 2.34. The molecule has 3 heterocycles. The summed E-state index contributed by atoms with van der Waals surface area (Å²) in [6.45, 7) is 0.155. The molecule has 1 aromatic carbocycles. The second-order valence-electron chi connectivity index (χ2n) is 5.69. The Labute approximate surface area is 162 Å². The Morgan fingerprint density at radius 2 is 2.19 bits per heavy atom. The molecule has 0 radical (unpaired) electrons. The molecule has 0 unspecified atom stereocenters. The Balaban J connectivity index is 1.65. The molecular formula is C19H14FN3O2S2. The number of amides is 1. The van der Waals surface area contributed by atoms with Crippen molar-refractivity contribution in [3.8, 4) is 11.3 Å². The van der Waals surface area contributed by atoms with E-state index in [-0.39, 0.29) is 18.3 Å². The maximum Gasteiger partial charge on any atom is 0.267 e. The molecule has 3 aromatic heterocycles. The van der Waals surface area contributed by atoms with E-state index in [1.807, 2.05) is 17.5 Å². The molecule has 0 atom stereocenters. The number of thiophene rings is 1. The van der Waals surface area contributed by atoms with Crippen molar-refractivity contribution >= 4 is 43.8 Å². The molecule has 136 valence electrons. The summed E-state index contributed by atoms with van der Waals surface area (Å²) in [6, 6.07) is 8.54. The maximum absolute atomic E-state index is 14.3. The number of thiazole rings is 1. The van der Waals surface area contributed by atoms with Gasteiger partial charge in [0.1, 0.15) is 5.82 Å². The van der Waals surface area contributed by atoms with Crippen LogP contribution < -0.4 is 5.32 Å². The number of benzene rings is 1. The van der Waals surface area contributed by atoms with Crippen molar-refractivity contribution in [2.24, 2.45) is 0 Å². The van der Waals surface area contributed by atoms with Crippen LogP contribution in [0.25, 0.3) is 21.3 Å². The lowest BCUT2D eigenvalue weighted by Crippen LogP contribution is -2.12. The second kappa shape index (κ2) is 7.51. The topological polar surface area (TPSA) is 64.1 Å². The predicted molar refractivity (Wildman–Crippen MR) is 106 cm³/mol. The van der Waals surface area contributed by atoms with Gasteiger partial charge in [-0.1, -0.05) is 6.07 Å². The average molecular weight is 399 g/mol. The molecule has 4 rings (SSSR count). The van der Waals surface area contributed by atoms with Gasteiger partial charge in [-0.15, -0.1) is 22.7 Å². The van der Waals surface area contributed by atoms with Crippen LogP contribution in [-0.2, 0) is 11.3 Å². The maximum atomic E-state index is 14.3. The number of carbonyl (C=O) groups excluding carboxylic acids is 1. The van der Waals surface area contributed by atoms with Crippen LogP contribution in [0.4, 0.5) is 9.52 Å². The summed E-state index contributed by atoms with van der Waals surface area (Å²) in [5, 5.41) is 5.57. The smallest absolute Gasteiger partial charge is 0.267 e. The number of ether oxygens (including phenoxy) is 1. The Bertz CT molecular complexity index is 1110. The monoisotopic (exact) mass is 399 g/mol. The molecule has 0 bridgehead atoms. The lowest BCUT2D eigenvalue weighted by atomic mass is 10.1. The van der Waals surface area contributed by atoms with E-state index in [1.165, 1.54) is 35.8 Å². The number of nitrogens with zero attached hydrogens (tertiary/aromatic N) is 2. The minimum atomic E-state index is -0.358. The van der Waals surface area contributed by atoms with Gasteiger partial charge < -0.3 is 4.74 Å². The van der Waals surface area contributed by atoms with Crippen LogP contribution >= 0.6 is 22.7 Å². The summed E-state index contributed by atoms with van der Waals surface area (Å²) in [7, 11) is 1.52. The van der Waals surface area contributed by atoms with Crippen LogP contribution in [0.15, 0.2) is 48.1 Å². The van der Waals surface area contributed by atoms with Crippen molar-refractivity contribution in [1.29, 1.82) is 0 Å². The van der Waals surface area contributed by atoms with E-state index in [1.54, 1.807) is 24.5 Å². The van der Waals surface area contributed by atoms with Crippen LogP contribution in [0.5, 0.6) is 0 Å². The van der Waals surface area contributed by atoms with Crippen molar-refractivity contribution < 1.29 is 13.9 Å². The van der Waals surface area contributed by atoms with Gasteiger partial charge in [-0.3, -0.25) is 15.1 Å². The fraction of sp³-hybridized carbons (Fsp3) is 0.105. The van der Waals surface area contributed by atoms with Crippen molar-refractivity contribution in [1.82, 2.24) is 9.97 Å². The standard InChI is InChI=1S/C19H14FN3O2S2/c1-25-9-12-16-13(20)5-2-6-15(16)27-17(12)18(24)23-19-22-14(10-26-19)11-4-3-7-21-8-11/h2-8,10H,9H2,1H3,(H,22,23,24). The van der Waals surface area contributed by atoms with Crippen LogP contribution in [0.3, 0.4) is 0 Å². The van der Waals surface area contributed by atoms with Crippen molar-refractivity contribution in [3.63, 3.8) is 0 Å². The average Bonchev–Trinajstić information content (AvgIpc) is 3.29. The predicted octanol–water partition coefficient (Wildman–Crippen LogP) is 4.96. The van der Waals surface area contributed by atoms with E-state index >= 15 is 0 Å². The van der Waals surface area contributed by atoms with Crippen molar-refractivity contribution in [2.75, 3.05) is 12.4 Å². The minimum absolute atomic E-state index is 0.155. The molecule has 0 aliphatic rings. The molecule has 1 N–H and O–H groups in total. The molecule has 5 nitrogen and oxygen atoms in total. The van der Waals surface area contributed by atoms with Crippen LogP contribution in [0.1, 0.15) is 15.2 Å². The minimum Gasteiger partial charge on any atom is -0.380 e. The number of halogens is 1. The molecule has 0 aliphatic carbocycles. The van der Waals surface area contributed by atoms with Gasteiger partial charge in [0.05, 0.1) is 17.2 Å². The summed E-state index contributed by atoms with van der Waals surface area (Å²) in [5.74, 6) is -0.683. The summed E-state index contributed by atoms with van der Waals surface area (Å²) < 4.78 is 20.2. The lowest BCUT2D eigenvalue weighted by molar-refractivity contribution is 0.102. The molecule has 0 saturated carbocycles. The highest BCUT2D eigenvalue weighted by atomic mass is 32.1. The van der Waals surface area contributed by atoms with Gasteiger partial charge in [-0.2, -0.15) is 0 Å². The fourth-order valence-corrected chi connectivity index (χ4v) is 4.60. The Kier molecular flexibility index (Phi) is 4.93. The summed E-state index contributed by atoms with van der Waals surface area (Å²) in [4.78, 5) is 21.8. The highest BCUT2D eigenvalue weighted by molar-refractivity contribution is 7.21. The van der Waals surface area contributed by atoms with E-state index in [4.69, 9.17) is 4.74 Å². The zero-order valence-corrected chi connectivity index (χ0v) is 15.9. The van der Waals surface area contributed by atoms with Gasteiger partial charge in [-0.05, 0) is 24.3 Å². The van der Waals surface area contributed by atoms with Crippen molar-refractivity contribution in [3.05, 3.63) is 64.4 Å². The number of hydrogen-bond acceptors (Lipinski definition) is 6. The molecule has 0 spiro atoms. The van der Waals surface area contributed by atoms with E-state index in [0.29, 0.717) is 25.7 Å². The van der Waals surface area contributed by atoms with Gasteiger partial charge in [0.25, 0.3) is 5.91 Å². The number of hydrogen-bond donors (Lipinski definition) is 1. The summed E-state index contributed by atoms with van der Waals surface area (Å²) in [5.41, 5.74) is 2.17. The molecule has 0 saturated heterocycles. The number of aromatic nitrogens is 2. The lowest BCUT2D eigenvalue weighted by Gasteiger charge is -2.04. The zero-order chi connectivity index (χ0) is 18.8. The van der Waals surface area contributed by atoms with E-state index in [9.17, 15) is 9.18 Å². The zero-order valence-electron chi connectivity index (χ0n) is 14.2. The van der Waals surface area contributed by atoms with E-state index in [0.717, 1.165) is 11.3 Å². The third kappa shape index (κ3) is 3.46. The molecule has 0 aliphatic heterocycles. The first-order valence-corrected chi connectivity index (χ1v) is 9.73. The number of pyridine rings is 1. The van der Waals surface area contributed by atoms with Gasteiger partial charge in [0.15, 0.2) is 5.13 Å². The highest BCUT2D eigenvalue weighted by Gasteiger charge is 2.21. The number of carbonyl (C=O) groups is 1. The SMILES string of the molecule is COCc1c(C(=O)Nc2nc(-c3cccnc3)cs2)sc2cccc(F)c12. The molecule has 1 amide bonds. The summed E-state index contributed by atoms with van der Waals surface area (Å²) in [6.07, 6.45) is 3.41. The van der Waals surface area contributed by atoms with Crippen LogP contribution in [0, 0.1) is 5.82 Å². The normalized spacial score (nSPS) is 11.0. The third-order valence-corrected chi connectivity index (χ3v) is 5.89. The fourth-order valence-electron chi connectivity index (χ4n) is 2.76.